The van der Waals surface area contributed by atoms with Gasteiger partial charge in [0.15, 0.2) is 11.9 Å². The largest absolute Gasteiger partial charge is 0.494 e. The van der Waals surface area contributed by atoms with Gasteiger partial charge in [-0.3, -0.25) is 53.1 Å². The maximum absolute atomic E-state index is 14.6. The number of carbonyl (C=O) groups is 9. The second-order valence-corrected chi connectivity index (χ2v) is 22.7. The molecular formula is C52H79N15O10S2. The molecule has 0 aromatic heterocycles. The Bertz CT molecular complexity index is 2450. The lowest BCUT2D eigenvalue weighted by Crippen LogP contribution is -2.61. The van der Waals surface area contributed by atoms with E-state index in [1.165, 1.54) is 21.6 Å². The standard InChI is InChI=1S/C52H79N15O10S2/c1-4-77-33-19-17-32(18-20-33)26-36-45(72)64-37(25-31-13-7-5-8-14-31)47(74)67-42(30(2)3)49(76)65-38(27-40(53)68)46(73)66-39(29-78-79-52(28-41(69)61-36)21-9-6-10-22-52)48(75)63-35(16-12-24-60-51(57)58)44(71)62-34(43(54)70)15-11-23-59-50(55)56/h5,7-8,13-14,17-20,30,34-39,42H,4,6,9-12,15-16,21-29H2,1-3H3,(H2,53,68)(H2,54,70)(H,61,69)(H,62,71)(H,63,75)(H,64,72)(H,65,76)(H,66,73)(H,67,74)(H4,55,56,59)(H4,57,58,60)/t34-,35+,36?,37?,38+,39?,42+/m1/s1. The van der Waals surface area contributed by atoms with E-state index in [0.29, 0.717) is 36.3 Å². The molecule has 7 atom stereocenters. The lowest BCUT2D eigenvalue weighted by molar-refractivity contribution is -0.136. The van der Waals surface area contributed by atoms with Crippen molar-refractivity contribution < 1.29 is 47.9 Å². The molecule has 2 fully saturated rings. The normalized spacial score (nSPS) is 21.3. The average molecular weight is 1140 g/mol. The number of primary amides is 2. The highest BCUT2D eigenvalue weighted by Gasteiger charge is 2.40. The van der Waals surface area contributed by atoms with Crippen molar-refractivity contribution in [3.8, 4) is 5.75 Å². The number of nitrogens with one attached hydrogen (secondary N) is 7. The monoisotopic (exact) mass is 1140 g/mol. The topological polar surface area (TPSA) is 428 Å². The molecule has 1 saturated heterocycles. The average Bonchev–Trinajstić information content (AvgIpc) is 3.39. The lowest BCUT2D eigenvalue weighted by atomic mass is 9.85. The summed E-state index contributed by atoms with van der Waals surface area (Å²) in [5, 5.41) is 19.0. The van der Waals surface area contributed by atoms with Gasteiger partial charge in [0, 0.05) is 42.9 Å². The summed E-state index contributed by atoms with van der Waals surface area (Å²) in [5.41, 5.74) is 34.6. The summed E-state index contributed by atoms with van der Waals surface area (Å²) in [6.07, 6.45) is 3.17. The Labute approximate surface area is 468 Å². The summed E-state index contributed by atoms with van der Waals surface area (Å²) in [5.74, 6) is -7.93. The third-order valence-electron chi connectivity index (χ3n) is 13.1. The van der Waals surface area contributed by atoms with Gasteiger partial charge < -0.3 is 76.4 Å². The molecule has 4 rings (SSSR count). The van der Waals surface area contributed by atoms with Gasteiger partial charge in [0.2, 0.25) is 53.2 Å². The number of carbonyl (C=O) groups excluding carboxylic acids is 9. The smallest absolute Gasteiger partial charge is 0.244 e. The fraction of sp³-hybridized carbons (Fsp3) is 0.558. The Morgan fingerprint density at radius 3 is 1.81 bits per heavy atom. The molecule has 3 unspecified atom stereocenters. The Balaban J connectivity index is 1.79. The molecular weight excluding hydrogens is 1060 g/mol. The van der Waals surface area contributed by atoms with Crippen LogP contribution in [0, 0.1) is 5.92 Å². The van der Waals surface area contributed by atoms with E-state index in [-0.39, 0.29) is 75.7 Å². The number of nitrogens with two attached hydrogens (primary N) is 6. The first-order valence-corrected chi connectivity index (χ1v) is 28.8. The zero-order valence-electron chi connectivity index (χ0n) is 45.1. The minimum atomic E-state index is -1.69. The predicted molar refractivity (Wildman–Crippen MR) is 303 cm³/mol. The highest BCUT2D eigenvalue weighted by molar-refractivity contribution is 8.77. The Hall–Kier alpha value is -7.29. The third kappa shape index (κ3) is 22.5. The zero-order chi connectivity index (χ0) is 58.1. The van der Waals surface area contributed by atoms with E-state index in [1.807, 2.05) is 6.92 Å². The number of aliphatic imine (C=N–C) groups is 2. The van der Waals surface area contributed by atoms with E-state index in [2.05, 4.69) is 47.2 Å². The molecule has 25 nitrogen and oxygen atoms in total. The van der Waals surface area contributed by atoms with Gasteiger partial charge in [0.05, 0.1) is 13.0 Å². The quantitative estimate of drug-likeness (QED) is 0.0287. The van der Waals surface area contributed by atoms with Crippen LogP contribution in [0.1, 0.15) is 103 Å². The maximum Gasteiger partial charge on any atom is 0.244 e. The first-order chi connectivity index (χ1) is 37.6. The summed E-state index contributed by atoms with van der Waals surface area (Å²) >= 11 is 0. The minimum absolute atomic E-state index is 0.0209. The van der Waals surface area contributed by atoms with Gasteiger partial charge in [-0.05, 0) is 74.6 Å². The van der Waals surface area contributed by atoms with E-state index in [0.717, 1.165) is 19.3 Å². The summed E-state index contributed by atoms with van der Waals surface area (Å²) in [6.45, 7) is 5.74. The predicted octanol–water partition coefficient (Wildman–Crippen LogP) is -1.12. The molecule has 27 heteroatoms. The van der Waals surface area contributed by atoms with Crippen LogP contribution >= 0.6 is 21.6 Å². The molecule has 1 heterocycles. The highest BCUT2D eigenvalue weighted by Crippen LogP contribution is 2.48. The molecule has 1 spiro atoms. The summed E-state index contributed by atoms with van der Waals surface area (Å²) in [4.78, 5) is 134. The van der Waals surface area contributed by atoms with Crippen LogP contribution in [-0.4, -0.2) is 138 Å². The molecule has 19 N–H and O–H groups in total. The Morgan fingerprint density at radius 2 is 1.24 bits per heavy atom. The van der Waals surface area contributed by atoms with E-state index >= 15 is 0 Å². The molecule has 79 heavy (non-hydrogen) atoms. The van der Waals surface area contributed by atoms with Crippen molar-refractivity contribution >= 4 is 86.7 Å². The third-order valence-corrected chi connectivity index (χ3v) is 16.4. The number of amides is 9. The second-order valence-electron chi connectivity index (χ2n) is 19.9. The number of hydrogen-bond acceptors (Lipinski definition) is 14. The van der Waals surface area contributed by atoms with Crippen molar-refractivity contribution in [2.75, 3.05) is 25.4 Å². The van der Waals surface area contributed by atoms with Crippen molar-refractivity contribution in [2.24, 2.45) is 50.3 Å². The van der Waals surface area contributed by atoms with Crippen LogP contribution in [0.15, 0.2) is 64.6 Å². The van der Waals surface area contributed by atoms with Gasteiger partial charge in [0.1, 0.15) is 48.0 Å². The van der Waals surface area contributed by atoms with Crippen molar-refractivity contribution in [3.05, 3.63) is 65.7 Å². The van der Waals surface area contributed by atoms with Gasteiger partial charge >= 0.3 is 0 Å². The van der Waals surface area contributed by atoms with Crippen LogP contribution < -0.4 is 76.4 Å². The Morgan fingerprint density at radius 1 is 0.684 bits per heavy atom. The number of guanidine groups is 2. The van der Waals surface area contributed by atoms with E-state index in [9.17, 15) is 43.2 Å². The molecule has 0 radical (unpaired) electrons. The van der Waals surface area contributed by atoms with Crippen LogP contribution in [0.4, 0.5) is 0 Å². The highest BCUT2D eigenvalue weighted by atomic mass is 33.1. The fourth-order valence-corrected chi connectivity index (χ4v) is 12.3. The molecule has 2 aromatic carbocycles. The lowest BCUT2D eigenvalue weighted by Gasteiger charge is -2.36. The van der Waals surface area contributed by atoms with Crippen LogP contribution in [0.5, 0.6) is 5.75 Å². The number of nitrogens with zero attached hydrogens (tertiary/aromatic N) is 2. The van der Waals surface area contributed by atoms with E-state index in [4.69, 9.17) is 39.1 Å². The SMILES string of the molecule is CCOc1ccc(CC2NC(=O)CC3(CCCCC3)SSCC(C(=O)N[C@@H](CCCN=C(N)N)C(=O)N[C@H](CCCN=C(N)N)C(N)=O)NC(=O)[C@H](CC(N)=O)NC(=O)[C@H](C(C)C)NC(=O)C(Cc3ccccc3)NC2=O)cc1. The first-order valence-electron chi connectivity index (χ1n) is 26.4. The number of benzene rings is 2. The molecule has 1 aliphatic carbocycles. The van der Waals surface area contributed by atoms with Crippen molar-refractivity contribution in [1.82, 2.24) is 37.2 Å². The zero-order valence-corrected chi connectivity index (χ0v) is 46.7. The van der Waals surface area contributed by atoms with E-state index in [1.54, 1.807) is 68.4 Å². The van der Waals surface area contributed by atoms with Crippen LogP contribution in [-0.2, 0) is 56.0 Å². The minimum Gasteiger partial charge on any atom is -0.494 e. The summed E-state index contributed by atoms with van der Waals surface area (Å²) in [7, 11) is 2.51. The van der Waals surface area contributed by atoms with Gasteiger partial charge in [-0.1, -0.05) is 97.2 Å². The van der Waals surface area contributed by atoms with Crippen molar-refractivity contribution in [1.29, 1.82) is 0 Å². The maximum atomic E-state index is 14.6. The molecule has 434 valence electrons. The number of ether oxygens (including phenoxy) is 1. The van der Waals surface area contributed by atoms with Crippen LogP contribution in [0.25, 0.3) is 0 Å². The molecule has 2 aromatic rings. The van der Waals surface area contributed by atoms with Gasteiger partial charge in [0.25, 0.3) is 0 Å². The molecule has 9 amide bonds. The first kappa shape index (κ1) is 64.2. The van der Waals surface area contributed by atoms with Crippen LogP contribution in [0.3, 0.4) is 0 Å². The molecule has 0 bridgehead atoms. The van der Waals surface area contributed by atoms with Gasteiger partial charge in [-0.15, -0.1) is 0 Å². The van der Waals surface area contributed by atoms with E-state index < -0.39 is 113 Å². The number of rotatable bonds is 22. The van der Waals surface area contributed by atoms with Crippen molar-refractivity contribution in [3.63, 3.8) is 0 Å². The summed E-state index contributed by atoms with van der Waals surface area (Å²) in [6, 6.07) is 6.38. The molecule has 1 aliphatic heterocycles. The van der Waals surface area contributed by atoms with Gasteiger partial charge in [-0.25, -0.2) is 0 Å². The molecule has 1 saturated carbocycles. The number of hydrogen-bond donors (Lipinski definition) is 13. The second kappa shape index (κ2) is 32.6. The van der Waals surface area contributed by atoms with Crippen LogP contribution in [0.2, 0.25) is 0 Å². The fourth-order valence-electron chi connectivity index (χ4n) is 8.94. The van der Waals surface area contributed by atoms with Crippen molar-refractivity contribution in [2.45, 2.75) is 151 Å². The molecule has 2 aliphatic rings. The van der Waals surface area contributed by atoms with Gasteiger partial charge in [-0.2, -0.15) is 0 Å². The Kier molecular flexibility index (Phi) is 26.5. The summed E-state index contributed by atoms with van der Waals surface area (Å²) < 4.78 is 4.90.